The van der Waals surface area contributed by atoms with E-state index in [0.717, 1.165) is 6.42 Å². The van der Waals surface area contributed by atoms with Crippen LogP contribution >= 0.6 is 0 Å². The molecule has 0 fully saturated rings. The lowest BCUT2D eigenvalue weighted by Gasteiger charge is -1.67. The molecule has 0 saturated carbocycles. The summed E-state index contributed by atoms with van der Waals surface area (Å²) in [6.45, 7) is 7.65. The van der Waals surface area contributed by atoms with E-state index in [2.05, 4.69) is 13.8 Å². The molecule has 45 valence electrons. The summed E-state index contributed by atoms with van der Waals surface area (Å²) in [6.07, 6.45) is 2.28. The van der Waals surface area contributed by atoms with Gasteiger partial charge in [0.25, 0.3) is 0 Å². The molecule has 1 radical (unpaired) electrons. The maximum atomic E-state index is 7.57. The van der Waals surface area contributed by atoms with Gasteiger partial charge in [0.05, 0.1) is 0 Å². The minimum absolute atomic E-state index is 0.250. The molecule has 7 heavy (non-hydrogen) atoms. The van der Waals surface area contributed by atoms with Gasteiger partial charge in [0.15, 0.2) is 0 Å². The summed E-state index contributed by atoms with van der Waals surface area (Å²) >= 11 is 0. The van der Waals surface area contributed by atoms with Crippen molar-refractivity contribution in [2.24, 2.45) is 0 Å². The molecule has 0 saturated heterocycles. The first kappa shape index (κ1) is 10.0. The molecule has 0 rings (SSSR count). The molecule has 1 nitrogen and oxygen atoms in total. The maximum Gasteiger partial charge on any atom is 0.0402 e. The first-order valence-corrected chi connectivity index (χ1v) is 2.73. The second-order valence-electron chi connectivity index (χ2n) is 1.17. The highest BCUT2D eigenvalue weighted by Gasteiger charge is 1.56. The smallest absolute Gasteiger partial charge is 0.0402 e. The average Bonchev–Trinajstić information content (AvgIpc) is 1.69. The van der Waals surface area contributed by atoms with Gasteiger partial charge in [0, 0.05) is 6.61 Å². The zero-order valence-electron chi connectivity index (χ0n) is 5.28. The van der Waals surface area contributed by atoms with E-state index in [9.17, 15) is 0 Å². The molecular weight excluding hydrogens is 88.1 g/mol. The number of hydrogen-bond acceptors (Lipinski definition) is 1. The quantitative estimate of drug-likeness (QED) is 0.534. The van der Waals surface area contributed by atoms with Gasteiger partial charge in [-0.15, -0.1) is 0 Å². The fourth-order valence-electron chi connectivity index (χ4n) is 0. The molecule has 0 aromatic carbocycles. The highest BCUT2D eigenvalue weighted by atomic mass is 16.2. The van der Waals surface area contributed by atoms with Crippen LogP contribution in [-0.4, -0.2) is 11.7 Å². The van der Waals surface area contributed by atoms with Crippen LogP contribution in [0.5, 0.6) is 0 Å². The van der Waals surface area contributed by atoms with Crippen LogP contribution in [-0.2, 0) is 0 Å². The number of rotatable bonds is 1. The lowest BCUT2D eigenvalue weighted by molar-refractivity contribution is 0.318. The highest BCUT2D eigenvalue weighted by molar-refractivity contribution is 4.29. The summed E-state index contributed by atoms with van der Waals surface area (Å²) in [7, 11) is 0. The van der Waals surface area contributed by atoms with Crippen molar-refractivity contribution in [3.8, 4) is 0 Å². The third-order valence-electron chi connectivity index (χ3n) is 0.354. The second-order valence-corrected chi connectivity index (χ2v) is 1.17. The highest BCUT2D eigenvalue weighted by Crippen LogP contribution is 1.75. The van der Waals surface area contributed by atoms with E-state index in [0.29, 0.717) is 0 Å². The van der Waals surface area contributed by atoms with E-state index in [1.165, 1.54) is 6.42 Å². The van der Waals surface area contributed by atoms with Gasteiger partial charge in [0.2, 0.25) is 0 Å². The minimum atomic E-state index is 0.250. The molecule has 0 amide bonds. The molecule has 0 aromatic heterocycles. The van der Waals surface area contributed by atoms with E-state index in [-0.39, 0.29) is 6.61 Å². The zero-order chi connectivity index (χ0) is 6.12. The Balaban J connectivity index is 0. The number of aliphatic hydroxyl groups excluding tert-OH is 1. The Labute approximate surface area is 46.4 Å². The number of unbranched alkanes of at least 4 members (excludes halogenated alkanes) is 1. The minimum Gasteiger partial charge on any atom is -0.397 e. The van der Waals surface area contributed by atoms with Crippen LogP contribution in [0.15, 0.2) is 0 Å². The average molecular weight is 103 g/mol. The first-order chi connectivity index (χ1) is 3.33. The Kier molecular flexibility index (Phi) is 24.0. The molecule has 1 N–H and O–H groups in total. The lowest BCUT2D eigenvalue weighted by atomic mass is 10.4. The summed E-state index contributed by atoms with van der Waals surface area (Å²) < 4.78 is 0. The van der Waals surface area contributed by atoms with E-state index in [1.54, 1.807) is 6.92 Å². The van der Waals surface area contributed by atoms with Crippen molar-refractivity contribution in [1.82, 2.24) is 0 Å². The molecule has 0 atom stereocenters. The molecule has 0 heterocycles. The third kappa shape index (κ3) is 101. The second kappa shape index (κ2) is 16.7. The molecule has 0 unspecified atom stereocenters. The van der Waals surface area contributed by atoms with Gasteiger partial charge in [-0.2, -0.15) is 0 Å². The first-order valence-electron chi connectivity index (χ1n) is 2.73. The van der Waals surface area contributed by atoms with Gasteiger partial charge in [0.1, 0.15) is 0 Å². The summed E-state index contributed by atoms with van der Waals surface area (Å²) in [6, 6.07) is 0. The predicted molar refractivity (Wildman–Crippen MR) is 33.0 cm³/mol. The largest absolute Gasteiger partial charge is 0.397 e. The SMILES string of the molecule is CCO.[CH2]CCC. The van der Waals surface area contributed by atoms with E-state index in [4.69, 9.17) is 5.11 Å². The fourth-order valence-corrected chi connectivity index (χ4v) is 0. The van der Waals surface area contributed by atoms with Crippen LogP contribution in [0.2, 0.25) is 0 Å². The molecule has 0 spiro atoms. The van der Waals surface area contributed by atoms with Gasteiger partial charge in [-0.1, -0.05) is 26.7 Å². The monoisotopic (exact) mass is 103 g/mol. The Morgan fingerprint density at radius 3 is 1.57 bits per heavy atom. The van der Waals surface area contributed by atoms with Gasteiger partial charge in [-0.25, -0.2) is 0 Å². The molecule has 1 heteroatoms. The molecule has 0 aromatic rings. The van der Waals surface area contributed by atoms with Crippen LogP contribution in [0.1, 0.15) is 26.7 Å². The normalized spacial score (nSPS) is 6.86. The Morgan fingerprint density at radius 2 is 1.57 bits per heavy atom. The van der Waals surface area contributed by atoms with Crippen molar-refractivity contribution in [3.63, 3.8) is 0 Å². The van der Waals surface area contributed by atoms with Crippen LogP contribution in [0.25, 0.3) is 0 Å². The fraction of sp³-hybridized carbons (Fsp3) is 0.833. The molecule has 0 bridgehead atoms. The third-order valence-corrected chi connectivity index (χ3v) is 0.354. The van der Waals surface area contributed by atoms with E-state index < -0.39 is 0 Å². The van der Waals surface area contributed by atoms with E-state index >= 15 is 0 Å². The summed E-state index contributed by atoms with van der Waals surface area (Å²) in [5.41, 5.74) is 0. The summed E-state index contributed by atoms with van der Waals surface area (Å²) in [5, 5.41) is 7.57. The van der Waals surface area contributed by atoms with Crippen LogP contribution in [0.4, 0.5) is 0 Å². The van der Waals surface area contributed by atoms with Crippen molar-refractivity contribution in [2.45, 2.75) is 26.7 Å². The lowest BCUT2D eigenvalue weighted by Crippen LogP contribution is -1.57. The number of hydrogen-bond donors (Lipinski definition) is 1. The molecule has 0 aliphatic rings. The van der Waals surface area contributed by atoms with Gasteiger partial charge in [-0.05, 0) is 6.92 Å². The van der Waals surface area contributed by atoms with Crippen LogP contribution < -0.4 is 0 Å². The molecule has 0 aliphatic carbocycles. The standard InChI is InChI=1S/C4H9.C2H6O/c1-3-4-2;1-2-3/h1,3-4H2,2H3;3H,2H2,1H3. The van der Waals surface area contributed by atoms with Crippen molar-refractivity contribution in [2.75, 3.05) is 6.61 Å². The Morgan fingerprint density at radius 1 is 1.43 bits per heavy atom. The van der Waals surface area contributed by atoms with Gasteiger partial charge < -0.3 is 5.11 Å². The van der Waals surface area contributed by atoms with Crippen molar-refractivity contribution >= 4 is 0 Å². The predicted octanol–water partition coefficient (Wildman–Crippen LogP) is 1.62. The van der Waals surface area contributed by atoms with Crippen molar-refractivity contribution < 1.29 is 5.11 Å². The van der Waals surface area contributed by atoms with Gasteiger partial charge in [-0.3, -0.25) is 0 Å². The molecule has 0 aliphatic heterocycles. The zero-order valence-corrected chi connectivity index (χ0v) is 5.28. The van der Waals surface area contributed by atoms with Crippen molar-refractivity contribution in [3.05, 3.63) is 6.92 Å². The van der Waals surface area contributed by atoms with Crippen LogP contribution in [0.3, 0.4) is 0 Å². The topological polar surface area (TPSA) is 20.2 Å². The van der Waals surface area contributed by atoms with E-state index in [1.807, 2.05) is 0 Å². The molecular formula is C6H15O. The van der Waals surface area contributed by atoms with Crippen LogP contribution in [0, 0.1) is 6.92 Å². The summed E-state index contributed by atoms with van der Waals surface area (Å²) in [5.74, 6) is 0. The Hall–Kier alpha value is -0.0400. The summed E-state index contributed by atoms with van der Waals surface area (Å²) in [4.78, 5) is 0. The maximum absolute atomic E-state index is 7.57. The van der Waals surface area contributed by atoms with Gasteiger partial charge >= 0.3 is 0 Å². The number of aliphatic hydroxyl groups is 1. The Bertz CT molecular complexity index is 11.7. The van der Waals surface area contributed by atoms with Crippen molar-refractivity contribution in [1.29, 1.82) is 0 Å².